The van der Waals surface area contributed by atoms with Crippen LogP contribution in [0.1, 0.15) is 65.2 Å². The molecule has 0 aromatic heterocycles. The van der Waals surface area contributed by atoms with E-state index in [4.69, 9.17) is 4.74 Å². The van der Waals surface area contributed by atoms with Crippen LogP contribution in [0, 0.1) is 40.4 Å². The Kier molecular flexibility index (Phi) is 4.06. The summed E-state index contributed by atoms with van der Waals surface area (Å²) < 4.78 is 5.06. The van der Waals surface area contributed by atoms with Crippen LogP contribution in [0.15, 0.2) is 0 Å². The molecule has 0 spiro atoms. The van der Waals surface area contributed by atoms with Crippen molar-refractivity contribution in [3.8, 4) is 0 Å². The Bertz CT molecular complexity index is 586. The molecule has 4 rings (SSSR count). The fraction of sp³-hybridized carbons (Fsp3) is 0.905. The molecule has 0 heterocycles. The van der Waals surface area contributed by atoms with Gasteiger partial charge in [-0.15, -0.1) is 0 Å². The van der Waals surface area contributed by atoms with Crippen LogP contribution in [0.3, 0.4) is 0 Å². The Balaban J connectivity index is 1.66. The van der Waals surface area contributed by atoms with Gasteiger partial charge in [0.1, 0.15) is 5.78 Å². The first-order valence-electron chi connectivity index (χ1n) is 10.1. The van der Waals surface area contributed by atoms with E-state index in [2.05, 4.69) is 13.8 Å². The van der Waals surface area contributed by atoms with Gasteiger partial charge >= 0.3 is 5.97 Å². The molecule has 4 aliphatic rings. The van der Waals surface area contributed by atoms with Crippen molar-refractivity contribution >= 4 is 11.8 Å². The van der Waals surface area contributed by atoms with E-state index in [1.165, 1.54) is 7.11 Å². The number of hydrogen-bond acceptors (Lipinski definition) is 4. The molecule has 25 heavy (non-hydrogen) atoms. The van der Waals surface area contributed by atoms with Gasteiger partial charge in [-0.25, -0.2) is 0 Å². The number of Topliss-reactive ketones (excluding diaryl/α,β-unsaturated/α-hetero) is 1. The van der Waals surface area contributed by atoms with E-state index in [0.717, 1.165) is 44.9 Å². The standard InChI is InChI=1S/C21H32O4/c1-20-9-8-13(22)10-12(20)4-5-14-15-6-7-16(19(24)25-3)21(15,2)18(23)11-17(14)20/h12,14-18,23H,4-11H2,1-3H3/t12-,14+,15-,16+,17+,18+,20+,21-/m1/s1. The number of esters is 1. The van der Waals surface area contributed by atoms with Gasteiger partial charge in [0, 0.05) is 18.3 Å². The normalized spacial score (nSPS) is 52.1. The van der Waals surface area contributed by atoms with Gasteiger partial charge in [-0.05, 0) is 67.6 Å². The molecule has 4 nitrogen and oxygen atoms in total. The zero-order valence-electron chi connectivity index (χ0n) is 15.8. The van der Waals surface area contributed by atoms with Gasteiger partial charge < -0.3 is 9.84 Å². The highest BCUT2D eigenvalue weighted by Gasteiger charge is 2.64. The van der Waals surface area contributed by atoms with E-state index in [9.17, 15) is 14.7 Å². The molecular formula is C21H32O4. The summed E-state index contributed by atoms with van der Waals surface area (Å²) >= 11 is 0. The quantitative estimate of drug-likeness (QED) is 0.738. The minimum absolute atomic E-state index is 0.148. The molecule has 4 heteroatoms. The maximum Gasteiger partial charge on any atom is 0.309 e. The number of ketones is 1. The predicted octanol–water partition coefficient (Wildman–Crippen LogP) is 3.36. The number of carbonyl (C=O) groups is 2. The molecule has 8 atom stereocenters. The molecule has 0 radical (unpaired) electrons. The summed E-state index contributed by atoms with van der Waals surface area (Å²) in [6.45, 7) is 4.51. The Morgan fingerprint density at radius 2 is 1.92 bits per heavy atom. The minimum Gasteiger partial charge on any atom is -0.469 e. The number of aliphatic hydroxyl groups is 1. The monoisotopic (exact) mass is 348 g/mol. The second kappa shape index (κ2) is 5.80. The zero-order chi connectivity index (χ0) is 18.0. The molecule has 0 amide bonds. The Morgan fingerprint density at radius 1 is 1.16 bits per heavy atom. The number of aliphatic hydroxyl groups excluding tert-OH is 1. The van der Waals surface area contributed by atoms with Gasteiger partial charge in [-0.1, -0.05) is 13.8 Å². The maximum atomic E-state index is 12.3. The van der Waals surface area contributed by atoms with Gasteiger partial charge in [0.2, 0.25) is 0 Å². The second-order valence-corrected chi connectivity index (χ2v) is 9.67. The molecule has 0 aromatic rings. The fourth-order valence-electron chi connectivity index (χ4n) is 7.54. The van der Waals surface area contributed by atoms with Crippen molar-refractivity contribution in [2.24, 2.45) is 40.4 Å². The van der Waals surface area contributed by atoms with Crippen LogP contribution in [0.25, 0.3) is 0 Å². The molecule has 4 saturated carbocycles. The van der Waals surface area contributed by atoms with Crippen molar-refractivity contribution in [2.75, 3.05) is 7.11 Å². The Labute approximate surface area is 150 Å². The summed E-state index contributed by atoms with van der Waals surface area (Å²) in [6, 6.07) is 0. The molecule has 0 unspecified atom stereocenters. The first kappa shape index (κ1) is 17.5. The Hall–Kier alpha value is -0.900. The molecule has 4 fully saturated rings. The van der Waals surface area contributed by atoms with Gasteiger partial charge in [0.25, 0.3) is 0 Å². The summed E-state index contributed by atoms with van der Waals surface area (Å²) in [5.74, 6) is 2.07. The lowest BCUT2D eigenvalue weighted by atomic mass is 9.44. The first-order chi connectivity index (χ1) is 11.8. The third kappa shape index (κ3) is 2.28. The highest BCUT2D eigenvalue weighted by molar-refractivity contribution is 5.79. The molecule has 1 N–H and O–H groups in total. The van der Waals surface area contributed by atoms with Crippen molar-refractivity contribution in [1.82, 2.24) is 0 Å². The number of ether oxygens (including phenoxy) is 1. The van der Waals surface area contributed by atoms with Crippen LogP contribution in [0.2, 0.25) is 0 Å². The number of fused-ring (bicyclic) bond motifs is 5. The third-order valence-corrected chi connectivity index (χ3v) is 9.08. The summed E-state index contributed by atoms with van der Waals surface area (Å²) in [5.41, 5.74) is -0.162. The third-order valence-electron chi connectivity index (χ3n) is 9.08. The van der Waals surface area contributed by atoms with Crippen LogP contribution < -0.4 is 0 Å². The summed E-state index contributed by atoms with van der Waals surface area (Å²) in [6.07, 6.45) is 6.91. The largest absolute Gasteiger partial charge is 0.469 e. The van der Waals surface area contributed by atoms with E-state index in [-0.39, 0.29) is 22.7 Å². The van der Waals surface area contributed by atoms with Crippen molar-refractivity contribution in [3.63, 3.8) is 0 Å². The highest BCUT2D eigenvalue weighted by Crippen LogP contribution is 2.67. The Morgan fingerprint density at radius 3 is 2.64 bits per heavy atom. The summed E-state index contributed by atoms with van der Waals surface area (Å²) in [4.78, 5) is 24.3. The number of carbonyl (C=O) groups excluding carboxylic acids is 2. The van der Waals surface area contributed by atoms with Gasteiger partial charge in [0.15, 0.2) is 0 Å². The zero-order valence-corrected chi connectivity index (χ0v) is 15.8. The molecular weight excluding hydrogens is 316 g/mol. The number of rotatable bonds is 1. The van der Waals surface area contributed by atoms with Crippen molar-refractivity contribution < 1.29 is 19.4 Å². The smallest absolute Gasteiger partial charge is 0.309 e. The van der Waals surface area contributed by atoms with Gasteiger partial charge in [0.05, 0.1) is 19.1 Å². The predicted molar refractivity (Wildman–Crippen MR) is 93.6 cm³/mol. The van der Waals surface area contributed by atoms with Crippen molar-refractivity contribution in [3.05, 3.63) is 0 Å². The first-order valence-corrected chi connectivity index (χ1v) is 10.1. The van der Waals surface area contributed by atoms with Crippen molar-refractivity contribution in [2.45, 2.75) is 71.3 Å². The second-order valence-electron chi connectivity index (χ2n) is 9.67. The summed E-state index contributed by atoms with van der Waals surface area (Å²) in [7, 11) is 1.46. The van der Waals surface area contributed by atoms with Gasteiger partial charge in [-0.3, -0.25) is 9.59 Å². The molecule has 0 aromatic carbocycles. The van der Waals surface area contributed by atoms with E-state index < -0.39 is 6.10 Å². The van der Waals surface area contributed by atoms with Gasteiger partial charge in [-0.2, -0.15) is 0 Å². The lowest BCUT2D eigenvalue weighted by Gasteiger charge is -2.61. The van der Waals surface area contributed by atoms with Crippen LogP contribution in [-0.2, 0) is 14.3 Å². The van der Waals surface area contributed by atoms with Crippen molar-refractivity contribution in [1.29, 1.82) is 0 Å². The van der Waals surface area contributed by atoms with E-state index >= 15 is 0 Å². The van der Waals surface area contributed by atoms with Crippen LogP contribution >= 0.6 is 0 Å². The molecule has 0 bridgehead atoms. The highest BCUT2D eigenvalue weighted by atomic mass is 16.5. The van der Waals surface area contributed by atoms with Crippen LogP contribution in [0.5, 0.6) is 0 Å². The SMILES string of the molecule is COC(=O)[C@@H]1CC[C@@H]2[C@@H]3CC[C@@H]4CC(=O)CC[C@]4(C)[C@H]3C[C@H](O)[C@]21C. The van der Waals surface area contributed by atoms with E-state index in [0.29, 0.717) is 35.9 Å². The topological polar surface area (TPSA) is 63.6 Å². The average molecular weight is 348 g/mol. The lowest BCUT2D eigenvalue weighted by Crippen LogP contribution is -2.58. The molecule has 0 aliphatic heterocycles. The number of hydrogen-bond donors (Lipinski definition) is 1. The van der Waals surface area contributed by atoms with E-state index in [1.807, 2.05) is 0 Å². The molecule has 0 saturated heterocycles. The fourth-order valence-corrected chi connectivity index (χ4v) is 7.54. The van der Waals surface area contributed by atoms with Crippen LogP contribution in [0.4, 0.5) is 0 Å². The summed E-state index contributed by atoms with van der Waals surface area (Å²) in [5, 5.41) is 11.2. The average Bonchev–Trinajstić information content (AvgIpc) is 2.95. The number of methoxy groups -OCH3 is 1. The molecule has 4 aliphatic carbocycles. The minimum atomic E-state index is -0.446. The maximum absolute atomic E-state index is 12.3. The van der Waals surface area contributed by atoms with E-state index in [1.54, 1.807) is 0 Å². The molecule has 140 valence electrons. The van der Waals surface area contributed by atoms with Crippen LogP contribution in [-0.4, -0.2) is 30.1 Å². The lowest BCUT2D eigenvalue weighted by molar-refractivity contribution is -0.179.